The van der Waals surface area contributed by atoms with E-state index in [1.54, 1.807) is 6.07 Å². The van der Waals surface area contributed by atoms with Crippen LogP contribution in [-0.2, 0) is 6.54 Å². The molecular formula is C17H15ClFNO. The molecule has 2 aromatic carbocycles. The molecule has 0 unspecified atom stereocenters. The van der Waals surface area contributed by atoms with E-state index in [2.05, 4.69) is 5.32 Å². The van der Waals surface area contributed by atoms with Gasteiger partial charge in [0, 0.05) is 22.5 Å². The third-order valence-corrected chi connectivity index (χ3v) is 3.76. The number of furan rings is 1. The lowest BCUT2D eigenvalue weighted by atomic mass is 10.1. The predicted octanol–water partition coefficient (Wildman–Crippen LogP) is 5.00. The van der Waals surface area contributed by atoms with Crippen molar-refractivity contribution in [1.82, 2.24) is 5.32 Å². The molecule has 4 heteroatoms. The summed E-state index contributed by atoms with van der Waals surface area (Å²) >= 11 is 6.19. The van der Waals surface area contributed by atoms with Gasteiger partial charge in [0.2, 0.25) is 0 Å². The van der Waals surface area contributed by atoms with Crippen molar-refractivity contribution < 1.29 is 8.81 Å². The van der Waals surface area contributed by atoms with Gasteiger partial charge in [-0.15, -0.1) is 0 Å². The molecule has 1 heterocycles. The number of rotatable bonds is 4. The van der Waals surface area contributed by atoms with Gasteiger partial charge in [-0.2, -0.15) is 0 Å². The summed E-state index contributed by atoms with van der Waals surface area (Å²) in [4.78, 5) is 0. The highest BCUT2D eigenvalue weighted by atomic mass is 35.5. The number of benzene rings is 2. The number of hydrogen-bond donors (Lipinski definition) is 1. The molecule has 0 atom stereocenters. The highest BCUT2D eigenvalue weighted by molar-refractivity contribution is 6.31. The van der Waals surface area contributed by atoms with Crippen LogP contribution in [0.25, 0.3) is 22.3 Å². The minimum Gasteiger partial charge on any atom is -0.453 e. The van der Waals surface area contributed by atoms with Gasteiger partial charge in [-0.1, -0.05) is 30.7 Å². The van der Waals surface area contributed by atoms with Crippen LogP contribution in [0.15, 0.2) is 46.9 Å². The van der Waals surface area contributed by atoms with Crippen LogP contribution in [-0.4, -0.2) is 6.54 Å². The summed E-state index contributed by atoms with van der Waals surface area (Å²) in [7, 11) is 0. The maximum absolute atomic E-state index is 13.7. The Bertz CT molecular complexity index is 782. The van der Waals surface area contributed by atoms with Gasteiger partial charge in [0.05, 0.1) is 0 Å². The molecule has 1 N–H and O–H groups in total. The molecule has 0 fully saturated rings. The summed E-state index contributed by atoms with van der Waals surface area (Å²) in [5, 5.41) is 4.71. The minimum atomic E-state index is -0.347. The van der Waals surface area contributed by atoms with E-state index in [1.165, 1.54) is 6.07 Å². The van der Waals surface area contributed by atoms with E-state index in [9.17, 15) is 4.39 Å². The van der Waals surface area contributed by atoms with Crippen molar-refractivity contribution in [2.45, 2.75) is 13.5 Å². The molecule has 0 spiro atoms. The maximum atomic E-state index is 13.7. The molecule has 0 amide bonds. The molecule has 0 radical (unpaired) electrons. The molecule has 108 valence electrons. The fourth-order valence-electron chi connectivity index (χ4n) is 2.29. The van der Waals surface area contributed by atoms with Gasteiger partial charge in [-0.25, -0.2) is 4.39 Å². The quantitative estimate of drug-likeness (QED) is 0.733. The molecule has 21 heavy (non-hydrogen) atoms. The summed E-state index contributed by atoms with van der Waals surface area (Å²) in [6, 6.07) is 12.4. The Balaban J connectivity index is 2.03. The van der Waals surface area contributed by atoms with E-state index < -0.39 is 0 Å². The first kappa shape index (κ1) is 14.1. The summed E-state index contributed by atoms with van der Waals surface area (Å²) < 4.78 is 19.3. The third kappa shape index (κ3) is 2.80. The van der Waals surface area contributed by atoms with E-state index in [-0.39, 0.29) is 11.4 Å². The first-order valence-corrected chi connectivity index (χ1v) is 7.24. The molecule has 1 aromatic heterocycles. The Morgan fingerprint density at radius 2 is 2.05 bits per heavy atom. The average Bonchev–Trinajstić information content (AvgIpc) is 2.92. The summed E-state index contributed by atoms with van der Waals surface area (Å²) in [5.41, 5.74) is 2.18. The molecule has 3 aromatic rings. The highest BCUT2D eigenvalue weighted by Crippen LogP contribution is 2.31. The Hall–Kier alpha value is -1.84. The Morgan fingerprint density at radius 1 is 1.19 bits per heavy atom. The zero-order valence-corrected chi connectivity index (χ0v) is 12.4. The fourth-order valence-corrected chi connectivity index (χ4v) is 2.48. The summed E-state index contributed by atoms with van der Waals surface area (Å²) in [5.74, 6) is 0.296. The molecular weight excluding hydrogens is 289 g/mol. The van der Waals surface area contributed by atoms with Crippen molar-refractivity contribution >= 4 is 22.6 Å². The summed E-state index contributed by atoms with van der Waals surface area (Å²) in [6.07, 6.45) is 0. The molecule has 3 rings (SSSR count). The summed E-state index contributed by atoms with van der Waals surface area (Å²) in [6.45, 7) is 3.61. The monoisotopic (exact) mass is 303 g/mol. The Labute approximate surface area is 127 Å². The van der Waals surface area contributed by atoms with Crippen LogP contribution in [0.4, 0.5) is 4.39 Å². The molecule has 0 saturated carbocycles. The normalized spacial score (nSPS) is 11.2. The Kier molecular flexibility index (Phi) is 3.95. The number of fused-ring (bicyclic) bond motifs is 1. The van der Waals surface area contributed by atoms with Gasteiger partial charge in [0.15, 0.2) is 11.4 Å². The van der Waals surface area contributed by atoms with Gasteiger partial charge in [-0.05, 0) is 42.4 Å². The zero-order valence-electron chi connectivity index (χ0n) is 11.6. The minimum absolute atomic E-state index is 0.288. The lowest BCUT2D eigenvalue weighted by Crippen LogP contribution is -2.12. The van der Waals surface area contributed by atoms with Crippen LogP contribution in [0, 0.1) is 5.82 Å². The van der Waals surface area contributed by atoms with Crippen molar-refractivity contribution in [2.75, 3.05) is 6.54 Å². The Morgan fingerprint density at radius 3 is 2.81 bits per heavy atom. The molecule has 0 saturated heterocycles. The smallest absolute Gasteiger partial charge is 0.170 e. The predicted molar refractivity (Wildman–Crippen MR) is 84.0 cm³/mol. The number of para-hydroxylation sites is 1. The van der Waals surface area contributed by atoms with Crippen molar-refractivity contribution in [1.29, 1.82) is 0 Å². The van der Waals surface area contributed by atoms with Crippen LogP contribution in [0.1, 0.15) is 12.5 Å². The van der Waals surface area contributed by atoms with E-state index in [0.717, 1.165) is 23.1 Å². The van der Waals surface area contributed by atoms with E-state index in [4.69, 9.17) is 16.0 Å². The lowest BCUT2D eigenvalue weighted by Gasteiger charge is -2.06. The van der Waals surface area contributed by atoms with Crippen molar-refractivity contribution in [3.8, 4) is 11.3 Å². The molecule has 2 nitrogen and oxygen atoms in total. The molecule has 0 aliphatic rings. The molecule has 0 aliphatic carbocycles. The van der Waals surface area contributed by atoms with Crippen molar-refractivity contribution in [3.63, 3.8) is 0 Å². The first-order valence-electron chi connectivity index (χ1n) is 6.86. The zero-order chi connectivity index (χ0) is 14.8. The lowest BCUT2D eigenvalue weighted by molar-refractivity contribution is 0.568. The second-order valence-electron chi connectivity index (χ2n) is 4.86. The van der Waals surface area contributed by atoms with Gasteiger partial charge in [0.1, 0.15) is 5.76 Å². The van der Waals surface area contributed by atoms with Crippen LogP contribution in [0.3, 0.4) is 0 Å². The second kappa shape index (κ2) is 5.88. The highest BCUT2D eigenvalue weighted by Gasteiger charge is 2.11. The third-order valence-electron chi connectivity index (χ3n) is 3.39. The van der Waals surface area contributed by atoms with Crippen LogP contribution in [0.2, 0.25) is 5.02 Å². The van der Waals surface area contributed by atoms with Gasteiger partial charge in [0.25, 0.3) is 0 Å². The maximum Gasteiger partial charge on any atom is 0.170 e. The average molecular weight is 304 g/mol. The van der Waals surface area contributed by atoms with Crippen LogP contribution >= 0.6 is 11.6 Å². The van der Waals surface area contributed by atoms with Gasteiger partial charge < -0.3 is 9.73 Å². The molecule has 0 bridgehead atoms. The molecule has 0 aliphatic heterocycles. The first-order chi connectivity index (χ1) is 10.2. The topological polar surface area (TPSA) is 25.2 Å². The van der Waals surface area contributed by atoms with E-state index in [1.807, 2.05) is 37.3 Å². The standard InChI is InChI=1S/C17H15ClFNO/c1-2-20-10-13-8-11(6-7-14(13)18)16-9-12-4-3-5-15(19)17(12)21-16/h3-9,20H,2,10H2,1H3. The second-order valence-corrected chi connectivity index (χ2v) is 5.26. The van der Waals surface area contributed by atoms with E-state index >= 15 is 0 Å². The van der Waals surface area contributed by atoms with Crippen molar-refractivity contribution in [3.05, 3.63) is 58.9 Å². The fraction of sp³-hybridized carbons (Fsp3) is 0.176. The van der Waals surface area contributed by atoms with Crippen LogP contribution < -0.4 is 5.32 Å². The number of hydrogen-bond acceptors (Lipinski definition) is 2. The van der Waals surface area contributed by atoms with Gasteiger partial charge in [-0.3, -0.25) is 0 Å². The van der Waals surface area contributed by atoms with Crippen LogP contribution in [0.5, 0.6) is 0 Å². The number of halogens is 2. The number of nitrogens with one attached hydrogen (secondary N) is 1. The SMILES string of the molecule is CCNCc1cc(-c2cc3cccc(F)c3o2)ccc1Cl. The van der Waals surface area contributed by atoms with E-state index in [0.29, 0.717) is 17.3 Å². The van der Waals surface area contributed by atoms with Gasteiger partial charge >= 0.3 is 0 Å². The largest absolute Gasteiger partial charge is 0.453 e. The van der Waals surface area contributed by atoms with Crippen molar-refractivity contribution in [2.24, 2.45) is 0 Å².